The molecule has 5 heteroatoms. The van der Waals surface area contributed by atoms with E-state index in [1.807, 2.05) is 19.4 Å². The maximum absolute atomic E-state index is 10.6. The first-order valence-corrected chi connectivity index (χ1v) is 5.88. The van der Waals surface area contributed by atoms with Crippen molar-refractivity contribution in [1.29, 1.82) is 0 Å². The molecule has 0 bridgehead atoms. The summed E-state index contributed by atoms with van der Waals surface area (Å²) in [5.74, 6) is -0.260. The molecule has 15 heavy (non-hydrogen) atoms. The average molecular weight is 227 g/mol. The molecule has 1 unspecified atom stereocenters. The fourth-order valence-electron chi connectivity index (χ4n) is 1.37. The number of nitrogens with two attached hydrogens (primary N) is 1. The Bertz CT molecular complexity index is 324. The molecule has 1 amide bonds. The molecule has 0 saturated heterocycles. The number of nitrogens with zero attached hydrogens (tertiary/aromatic N) is 1. The van der Waals surface area contributed by atoms with Gasteiger partial charge in [0.05, 0.1) is 11.2 Å². The van der Waals surface area contributed by atoms with Crippen molar-refractivity contribution in [1.82, 2.24) is 10.3 Å². The lowest BCUT2D eigenvalue weighted by molar-refractivity contribution is -0.118. The lowest BCUT2D eigenvalue weighted by Crippen LogP contribution is -2.32. The minimum absolute atomic E-state index is 0.149. The summed E-state index contributed by atoms with van der Waals surface area (Å²) in [4.78, 5) is 16.1. The highest BCUT2D eigenvalue weighted by atomic mass is 32.1. The molecule has 1 aromatic heterocycles. The van der Waals surface area contributed by atoms with Crippen molar-refractivity contribution < 1.29 is 4.79 Å². The number of nitrogens with one attached hydrogen (secondary N) is 1. The minimum Gasteiger partial charge on any atom is -0.370 e. The monoisotopic (exact) mass is 227 g/mol. The number of aryl methyl sites for hydroxylation is 1. The second-order valence-corrected chi connectivity index (χ2v) is 4.58. The van der Waals surface area contributed by atoms with Crippen LogP contribution in [0.1, 0.15) is 23.9 Å². The van der Waals surface area contributed by atoms with Gasteiger partial charge in [-0.1, -0.05) is 0 Å². The maximum atomic E-state index is 10.6. The molecule has 1 atom stereocenters. The van der Waals surface area contributed by atoms with Crippen LogP contribution in [-0.4, -0.2) is 23.5 Å². The number of aromatic nitrogens is 1. The van der Waals surface area contributed by atoms with Crippen LogP contribution in [0.5, 0.6) is 0 Å². The second-order valence-electron chi connectivity index (χ2n) is 3.64. The van der Waals surface area contributed by atoms with Gasteiger partial charge >= 0.3 is 0 Å². The number of hydrogen-bond donors (Lipinski definition) is 2. The van der Waals surface area contributed by atoms with Crippen molar-refractivity contribution in [2.45, 2.75) is 32.7 Å². The van der Waals surface area contributed by atoms with Crippen molar-refractivity contribution >= 4 is 17.2 Å². The highest BCUT2D eigenvalue weighted by Crippen LogP contribution is 2.11. The van der Waals surface area contributed by atoms with Crippen LogP contribution in [0.4, 0.5) is 0 Å². The van der Waals surface area contributed by atoms with Crippen LogP contribution in [0.15, 0.2) is 5.51 Å². The second kappa shape index (κ2) is 5.82. The first kappa shape index (κ1) is 12.1. The first-order chi connectivity index (χ1) is 7.09. The average Bonchev–Trinajstić information content (AvgIpc) is 2.50. The zero-order chi connectivity index (χ0) is 11.3. The SMILES string of the molecule is Cc1ncsc1CCNC(C)CC(N)=O. The van der Waals surface area contributed by atoms with Crippen LogP contribution in [0.3, 0.4) is 0 Å². The van der Waals surface area contributed by atoms with E-state index in [1.54, 1.807) is 11.3 Å². The van der Waals surface area contributed by atoms with Gasteiger partial charge in [0.25, 0.3) is 0 Å². The molecule has 0 aliphatic heterocycles. The van der Waals surface area contributed by atoms with Crippen LogP contribution >= 0.6 is 11.3 Å². The fraction of sp³-hybridized carbons (Fsp3) is 0.600. The molecule has 1 heterocycles. The van der Waals surface area contributed by atoms with E-state index in [9.17, 15) is 4.79 Å². The van der Waals surface area contributed by atoms with Crippen molar-refractivity contribution in [3.05, 3.63) is 16.1 Å². The van der Waals surface area contributed by atoms with Crippen molar-refractivity contribution in [3.8, 4) is 0 Å². The van der Waals surface area contributed by atoms with Gasteiger partial charge in [-0.25, -0.2) is 4.98 Å². The van der Waals surface area contributed by atoms with E-state index in [-0.39, 0.29) is 11.9 Å². The van der Waals surface area contributed by atoms with Crippen LogP contribution < -0.4 is 11.1 Å². The van der Waals surface area contributed by atoms with Gasteiger partial charge in [-0.05, 0) is 20.3 Å². The van der Waals surface area contributed by atoms with Crippen LogP contribution in [0, 0.1) is 6.92 Å². The molecule has 4 nitrogen and oxygen atoms in total. The summed E-state index contributed by atoms with van der Waals surface area (Å²) in [5, 5.41) is 3.26. The normalized spacial score (nSPS) is 12.7. The number of hydrogen-bond acceptors (Lipinski definition) is 4. The van der Waals surface area contributed by atoms with Crippen LogP contribution in [0.25, 0.3) is 0 Å². The summed E-state index contributed by atoms with van der Waals surface area (Å²) in [5.41, 5.74) is 8.06. The van der Waals surface area contributed by atoms with Gasteiger partial charge < -0.3 is 11.1 Å². The summed E-state index contributed by atoms with van der Waals surface area (Å²) in [6.45, 7) is 4.83. The third-order valence-electron chi connectivity index (χ3n) is 2.20. The Morgan fingerprint density at radius 1 is 1.73 bits per heavy atom. The summed E-state index contributed by atoms with van der Waals surface area (Å²) in [7, 11) is 0. The van der Waals surface area contributed by atoms with Gasteiger partial charge in [0, 0.05) is 23.9 Å². The van der Waals surface area contributed by atoms with Crippen LogP contribution in [0.2, 0.25) is 0 Å². The lowest BCUT2D eigenvalue weighted by atomic mass is 10.2. The fourth-order valence-corrected chi connectivity index (χ4v) is 2.15. The van der Waals surface area contributed by atoms with E-state index in [0.29, 0.717) is 6.42 Å². The Labute approximate surface area is 93.9 Å². The van der Waals surface area contributed by atoms with Crippen LogP contribution in [-0.2, 0) is 11.2 Å². The van der Waals surface area contributed by atoms with Gasteiger partial charge in [0.2, 0.25) is 5.91 Å². The van der Waals surface area contributed by atoms with E-state index in [2.05, 4.69) is 10.3 Å². The largest absolute Gasteiger partial charge is 0.370 e. The summed E-state index contributed by atoms with van der Waals surface area (Å²) in [6, 6.07) is 0.149. The quantitative estimate of drug-likeness (QED) is 0.757. The van der Waals surface area contributed by atoms with E-state index in [4.69, 9.17) is 5.73 Å². The third kappa shape index (κ3) is 4.40. The Balaban J connectivity index is 2.22. The Morgan fingerprint density at radius 3 is 3.00 bits per heavy atom. The summed E-state index contributed by atoms with van der Waals surface area (Å²) >= 11 is 1.67. The summed E-state index contributed by atoms with van der Waals surface area (Å²) < 4.78 is 0. The predicted molar refractivity (Wildman–Crippen MR) is 61.8 cm³/mol. The summed E-state index contributed by atoms with van der Waals surface area (Å²) in [6.07, 6.45) is 1.35. The molecule has 3 N–H and O–H groups in total. The number of amides is 1. The lowest BCUT2D eigenvalue weighted by Gasteiger charge is -2.10. The Hall–Kier alpha value is -0.940. The number of thiazole rings is 1. The highest BCUT2D eigenvalue weighted by Gasteiger charge is 2.06. The zero-order valence-corrected chi connectivity index (χ0v) is 9.93. The van der Waals surface area contributed by atoms with Crippen molar-refractivity contribution in [2.75, 3.05) is 6.54 Å². The minimum atomic E-state index is -0.260. The topological polar surface area (TPSA) is 68.0 Å². The Kier molecular flexibility index (Phi) is 4.71. The van der Waals surface area contributed by atoms with Crippen molar-refractivity contribution in [3.63, 3.8) is 0 Å². The number of carbonyl (C=O) groups excluding carboxylic acids is 1. The molecule has 0 aliphatic rings. The molecule has 0 radical (unpaired) electrons. The molecular formula is C10H17N3OS. The molecule has 0 saturated carbocycles. The smallest absolute Gasteiger partial charge is 0.218 e. The number of rotatable bonds is 6. The van der Waals surface area contributed by atoms with Crippen molar-refractivity contribution in [2.24, 2.45) is 5.73 Å². The molecule has 0 aliphatic carbocycles. The Morgan fingerprint density at radius 2 is 2.47 bits per heavy atom. The molecular weight excluding hydrogens is 210 g/mol. The molecule has 1 rings (SSSR count). The molecule has 0 aromatic carbocycles. The van der Waals surface area contributed by atoms with E-state index >= 15 is 0 Å². The number of primary amides is 1. The van der Waals surface area contributed by atoms with E-state index in [1.165, 1.54) is 4.88 Å². The molecule has 0 spiro atoms. The first-order valence-electron chi connectivity index (χ1n) is 5.00. The van der Waals surface area contributed by atoms with E-state index < -0.39 is 0 Å². The van der Waals surface area contributed by atoms with Gasteiger partial charge in [-0.15, -0.1) is 11.3 Å². The van der Waals surface area contributed by atoms with Gasteiger partial charge in [0.15, 0.2) is 0 Å². The van der Waals surface area contributed by atoms with Gasteiger partial charge in [-0.3, -0.25) is 4.79 Å². The molecule has 0 fully saturated rings. The zero-order valence-electron chi connectivity index (χ0n) is 9.12. The predicted octanol–water partition coefficient (Wildman–Crippen LogP) is 0.848. The highest BCUT2D eigenvalue weighted by molar-refractivity contribution is 7.09. The molecule has 1 aromatic rings. The number of carbonyl (C=O) groups is 1. The third-order valence-corrected chi connectivity index (χ3v) is 3.19. The maximum Gasteiger partial charge on any atom is 0.218 e. The van der Waals surface area contributed by atoms with Gasteiger partial charge in [0.1, 0.15) is 0 Å². The van der Waals surface area contributed by atoms with E-state index in [0.717, 1.165) is 18.7 Å². The van der Waals surface area contributed by atoms with Gasteiger partial charge in [-0.2, -0.15) is 0 Å². The standard InChI is InChI=1S/C10H17N3OS/c1-7(5-10(11)14)12-4-3-9-8(2)13-6-15-9/h6-7,12H,3-5H2,1-2H3,(H2,11,14). The molecule has 84 valence electrons.